The molecule has 2 amide bonds. The van der Waals surface area contributed by atoms with Crippen molar-refractivity contribution >= 4 is 33.3 Å². The molecule has 1 heterocycles. The van der Waals surface area contributed by atoms with Crippen LogP contribution in [-0.2, 0) is 19.4 Å². The fourth-order valence-electron chi connectivity index (χ4n) is 4.18. The van der Waals surface area contributed by atoms with E-state index in [-0.39, 0.29) is 23.6 Å². The topological polar surface area (TPSA) is 83.5 Å². The maximum Gasteiger partial charge on any atom is 0.244 e. The molecule has 154 valence electrons. The summed E-state index contributed by atoms with van der Waals surface area (Å²) in [6, 6.07) is 5.15. The normalized spacial score (nSPS) is 20.6. The van der Waals surface area contributed by atoms with Crippen LogP contribution in [0.2, 0.25) is 5.02 Å². The molecule has 6 nitrogen and oxygen atoms in total. The summed E-state index contributed by atoms with van der Waals surface area (Å²) in [5, 5.41) is 3.15. The van der Waals surface area contributed by atoms with Crippen molar-refractivity contribution in [2.75, 3.05) is 13.1 Å². The second kappa shape index (κ2) is 8.41. The van der Waals surface area contributed by atoms with Gasteiger partial charge in [-0.05, 0) is 63.3 Å². The standard InChI is InChI=1S/C20H27ClN2O4S/c1-15(18(24)23-13-5-2-6-14-23)22-19(25)20(11-3-4-12-20)28(26,27)17-9-7-16(21)8-10-17/h7-10,15H,2-6,11-14H2,1H3,(H,22,25)/t15-/m0/s1. The molecule has 0 radical (unpaired) electrons. The van der Waals surface area contributed by atoms with Crippen LogP contribution in [0.5, 0.6) is 0 Å². The molecule has 1 aliphatic carbocycles. The lowest BCUT2D eigenvalue weighted by Gasteiger charge is -2.32. The summed E-state index contributed by atoms with van der Waals surface area (Å²) >= 11 is 5.88. The van der Waals surface area contributed by atoms with Gasteiger partial charge in [-0.3, -0.25) is 9.59 Å². The summed E-state index contributed by atoms with van der Waals surface area (Å²) in [7, 11) is -3.91. The van der Waals surface area contributed by atoms with Crippen LogP contribution in [0.25, 0.3) is 0 Å². The number of amides is 2. The number of nitrogens with zero attached hydrogens (tertiary/aromatic N) is 1. The minimum absolute atomic E-state index is 0.0870. The zero-order chi connectivity index (χ0) is 20.4. The van der Waals surface area contributed by atoms with Gasteiger partial charge in [0.1, 0.15) is 6.04 Å². The van der Waals surface area contributed by atoms with Gasteiger partial charge in [-0.1, -0.05) is 24.4 Å². The van der Waals surface area contributed by atoms with Crippen molar-refractivity contribution in [3.8, 4) is 0 Å². The first-order chi connectivity index (χ1) is 13.3. The minimum Gasteiger partial charge on any atom is -0.343 e. The van der Waals surface area contributed by atoms with Gasteiger partial charge in [-0.15, -0.1) is 0 Å². The first kappa shape index (κ1) is 21.1. The van der Waals surface area contributed by atoms with Crippen molar-refractivity contribution in [1.82, 2.24) is 10.2 Å². The summed E-state index contributed by atoms with van der Waals surface area (Å²) < 4.78 is 25.2. The molecule has 1 N–H and O–H groups in total. The lowest BCUT2D eigenvalue weighted by molar-refractivity contribution is -0.137. The molecule has 28 heavy (non-hydrogen) atoms. The molecule has 0 aromatic heterocycles. The molecule has 3 rings (SSSR count). The van der Waals surface area contributed by atoms with Crippen LogP contribution >= 0.6 is 11.6 Å². The Labute approximate surface area is 171 Å². The Kier molecular flexibility index (Phi) is 6.34. The summed E-state index contributed by atoms with van der Waals surface area (Å²) in [5.41, 5.74) is 0. The number of halogens is 1. The van der Waals surface area contributed by atoms with E-state index in [9.17, 15) is 18.0 Å². The number of benzene rings is 1. The van der Waals surface area contributed by atoms with E-state index in [0.717, 1.165) is 19.3 Å². The number of hydrogen-bond acceptors (Lipinski definition) is 4. The largest absolute Gasteiger partial charge is 0.343 e. The van der Waals surface area contributed by atoms with Crippen LogP contribution in [0.15, 0.2) is 29.2 Å². The minimum atomic E-state index is -3.91. The molecule has 2 fully saturated rings. The Morgan fingerprint density at radius 2 is 1.61 bits per heavy atom. The van der Waals surface area contributed by atoms with Crippen molar-refractivity contribution in [3.63, 3.8) is 0 Å². The average Bonchev–Trinajstić information content (AvgIpc) is 3.20. The quantitative estimate of drug-likeness (QED) is 0.784. The van der Waals surface area contributed by atoms with E-state index in [1.807, 2.05) is 0 Å². The first-order valence-corrected chi connectivity index (χ1v) is 11.7. The molecule has 1 aromatic rings. The van der Waals surface area contributed by atoms with Gasteiger partial charge in [0.05, 0.1) is 4.90 Å². The molecular formula is C20H27ClN2O4S. The van der Waals surface area contributed by atoms with Gasteiger partial charge < -0.3 is 10.2 Å². The molecule has 1 aliphatic heterocycles. The predicted octanol–water partition coefficient (Wildman–Crippen LogP) is 2.94. The third-order valence-electron chi connectivity index (χ3n) is 5.85. The highest BCUT2D eigenvalue weighted by Crippen LogP contribution is 2.41. The van der Waals surface area contributed by atoms with Crippen molar-refractivity contribution < 1.29 is 18.0 Å². The number of sulfone groups is 1. The molecule has 1 atom stereocenters. The van der Waals surface area contributed by atoms with Crippen molar-refractivity contribution in [2.24, 2.45) is 0 Å². The van der Waals surface area contributed by atoms with Crippen LogP contribution in [0.3, 0.4) is 0 Å². The Hall–Kier alpha value is -1.60. The molecule has 8 heteroatoms. The number of carbonyl (C=O) groups is 2. The first-order valence-electron chi connectivity index (χ1n) is 9.88. The fourth-order valence-corrected chi connectivity index (χ4v) is 6.38. The van der Waals surface area contributed by atoms with E-state index in [2.05, 4.69) is 5.32 Å². The zero-order valence-electron chi connectivity index (χ0n) is 16.1. The summed E-state index contributed by atoms with van der Waals surface area (Å²) in [6.07, 6.45) is 4.86. The lowest BCUT2D eigenvalue weighted by Crippen LogP contribution is -2.56. The molecule has 2 aliphatic rings. The summed E-state index contributed by atoms with van der Waals surface area (Å²) in [5.74, 6) is -0.720. The molecular weight excluding hydrogens is 400 g/mol. The Bertz CT molecular complexity index is 826. The molecule has 1 saturated heterocycles. The third-order valence-corrected chi connectivity index (χ3v) is 8.62. The number of nitrogens with one attached hydrogen (secondary N) is 1. The van der Waals surface area contributed by atoms with Gasteiger partial charge in [0.2, 0.25) is 11.8 Å². The van der Waals surface area contributed by atoms with Gasteiger partial charge in [0.25, 0.3) is 0 Å². The molecule has 0 spiro atoms. The molecule has 1 saturated carbocycles. The Morgan fingerprint density at radius 3 is 2.18 bits per heavy atom. The monoisotopic (exact) mass is 426 g/mol. The van der Waals surface area contributed by atoms with Crippen LogP contribution in [0.1, 0.15) is 51.9 Å². The Balaban J connectivity index is 1.81. The van der Waals surface area contributed by atoms with E-state index in [1.54, 1.807) is 11.8 Å². The smallest absolute Gasteiger partial charge is 0.244 e. The van der Waals surface area contributed by atoms with E-state index >= 15 is 0 Å². The van der Waals surface area contributed by atoms with Gasteiger partial charge in [-0.2, -0.15) is 0 Å². The molecule has 1 aromatic carbocycles. The number of likely N-dealkylation sites (tertiary alicyclic amines) is 1. The number of piperidine rings is 1. The van der Waals surface area contributed by atoms with Gasteiger partial charge in [0.15, 0.2) is 14.6 Å². The lowest BCUT2D eigenvalue weighted by atomic mass is 10.1. The number of rotatable bonds is 5. The van der Waals surface area contributed by atoms with Gasteiger partial charge >= 0.3 is 0 Å². The number of carbonyl (C=O) groups excluding carboxylic acids is 2. The van der Waals surface area contributed by atoms with Crippen molar-refractivity contribution in [2.45, 2.75) is 67.6 Å². The van der Waals surface area contributed by atoms with Crippen molar-refractivity contribution in [3.05, 3.63) is 29.3 Å². The second-order valence-electron chi connectivity index (χ2n) is 7.74. The number of hydrogen-bond donors (Lipinski definition) is 1. The van der Waals surface area contributed by atoms with Crippen LogP contribution < -0.4 is 5.32 Å². The third kappa shape index (κ3) is 3.92. The summed E-state index contributed by atoms with van der Waals surface area (Å²) in [4.78, 5) is 27.7. The van der Waals surface area contributed by atoms with E-state index < -0.39 is 26.5 Å². The van der Waals surface area contributed by atoms with E-state index in [4.69, 9.17) is 11.6 Å². The van der Waals surface area contributed by atoms with Crippen LogP contribution in [0.4, 0.5) is 0 Å². The predicted molar refractivity (Wildman–Crippen MR) is 108 cm³/mol. The maximum atomic E-state index is 13.4. The van der Waals surface area contributed by atoms with Crippen LogP contribution in [-0.4, -0.2) is 49.0 Å². The highest BCUT2D eigenvalue weighted by molar-refractivity contribution is 7.93. The zero-order valence-corrected chi connectivity index (χ0v) is 17.7. The highest BCUT2D eigenvalue weighted by atomic mass is 35.5. The van der Waals surface area contributed by atoms with Gasteiger partial charge in [-0.25, -0.2) is 8.42 Å². The van der Waals surface area contributed by atoms with E-state index in [1.165, 1.54) is 24.3 Å². The van der Waals surface area contributed by atoms with Gasteiger partial charge in [0, 0.05) is 18.1 Å². The Morgan fingerprint density at radius 1 is 1.04 bits per heavy atom. The molecule has 0 unspecified atom stereocenters. The average molecular weight is 427 g/mol. The van der Waals surface area contributed by atoms with Crippen LogP contribution in [0, 0.1) is 0 Å². The SMILES string of the molecule is C[C@H](NC(=O)C1(S(=O)(=O)c2ccc(Cl)cc2)CCCC1)C(=O)N1CCCCC1. The second-order valence-corrected chi connectivity index (χ2v) is 10.4. The molecule has 0 bridgehead atoms. The van der Waals surface area contributed by atoms with Crippen molar-refractivity contribution in [1.29, 1.82) is 0 Å². The fraction of sp³-hybridized carbons (Fsp3) is 0.600. The highest BCUT2D eigenvalue weighted by Gasteiger charge is 2.53. The maximum absolute atomic E-state index is 13.4. The summed E-state index contributed by atoms with van der Waals surface area (Å²) in [6.45, 7) is 3.01. The van der Waals surface area contributed by atoms with E-state index in [0.29, 0.717) is 31.0 Å².